The lowest BCUT2D eigenvalue weighted by Crippen LogP contribution is -2.51. The van der Waals surface area contributed by atoms with Crippen molar-refractivity contribution >= 4 is 11.3 Å². The van der Waals surface area contributed by atoms with Crippen LogP contribution >= 0.6 is 11.3 Å². The van der Waals surface area contributed by atoms with E-state index in [2.05, 4.69) is 10.6 Å². The summed E-state index contributed by atoms with van der Waals surface area (Å²) < 4.78 is 5.66. The van der Waals surface area contributed by atoms with Gasteiger partial charge in [-0.05, 0) is 44.4 Å². The number of nitrogens with zero attached hydrogens (tertiary/aromatic N) is 1. The molecule has 2 aliphatic carbocycles. The van der Waals surface area contributed by atoms with Crippen molar-refractivity contribution in [2.45, 2.75) is 63.5 Å². The van der Waals surface area contributed by atoms with Gasteiger partial charge in [0, 0.05) is 36.5 Å². The summed E-state index contributed by atoms with van der Waals surface area (Å²) in [7, 11) is 0. The molecule has 2 fully saturated rings. The number of nitrogens with one attached hydrogen (secondary N) is 2. The van der Waals surface area contributed by atoms with Gasteiger partial charge in [-0.15, -0.1) is 11.3 Å². The number of hydrogen-bond donors (Lipinski definition) is 2. The molecule has 5 heteroatoms. The average molecular weight is 336 g/mol. The van der Waals surface area contributed by atoms with Crippen LogP contribution in [0.2, 0.25) is 0 Å². The minimum atomic E-state index is 0.552. The Bertz CT molecular complexity index is 489. The Balaban J connectivity index is 1.27. The first-order valence-electron chi connectivity index (χ1n) is 9.42. The first-order valence-corrected chi connectivity index (χ1v) is 10.2. The maximum Gasteiger partial charge on any atom is 0.0943 e. The summed E-state index contributed by atoms with van der Waals surface area (Å²) in [6.45, 7) is 3.85. The zero-order chi connectivity index (χ0) is 15.5. The van der Waals surface area contributed by atoms with Crippen molar-refractivity contribution in [1.29, 1.82) is 0 Å². The van der Waals surface area contributed by atoms with Gasteiger partial charge in [0.25, 0.3) is 0 Å². The molecule has 1 saturated carbocycles. The molecule has 0 radical (unpaired) electrons. The predicted molar refractivity (Wildman–Crippen MR) is 94.2 cm³/mol. The Hall–Kier alpha value is -0.490. The number of rotatable bonds is 5. The number of aromatic nitrogens is 1. The number of aryl methyl sites for hydroxylation is 2. The van der Waals surface area contributed by atoms with Crippen LogP contribution in [0, 0.1) is 5.92 Å². The molecule has 3 unspecified atom stereocenters. The van der Waals surface area contributed by atoms with Gasteiger partial charge in [0.15, 0.2) is 0 Å². The molecule has 4 rings (SSSR count). The molecule has 4 nitrogen and oxygen atoms in total. The van der Waals surface area contributed by atoms with Crippen LogP contribution in [0.4, 0.5) is 0 Å². The van der Waals surface area contributed by atoms with Crippen molar-refractivity contribution in [3.63, 3.8) is 0 Å². The SMILES string of the molecule is C1CCc2sc(CCNC3CCCC3C3COCCN3)nc2C1. The van der Waals surface area contributed by atoms with E-state index in [1.807, 2.05) is 11.3 Å². The quantitative estimate of drug-likeness (QED) is 0.867. The number of hydrogen-bond acceptors (Lipinski definition) is 5. The molecule has 1 saturated heterocycles. The van der Waals surface area contributed by atoms with E-state index in [9.17, 15) is 0 Å². The van der Waals surface area contributed by atoms with Crippen molar-refractivity contribution in [3.8, 4) is 0 Å². The Kier molecular flexibility index (Phi) is 5.29. The summed E-state index contributed by atoms with van der Waals surface area (Å²) in [5.41, 5.74) is 1.40. The molecule has 3 aliphatic rings. The largest absolute Gasteiger partial charge is 0.379 e. The Labute approximate surface area is 143 Å². The molecule has 1 aromatic rings. The van der Waals surface area contributed by atoms with Gasteiger partial charge in [0.05, 0.1) is 23.9 Å². The van der Waals surface area contributed by atoms with Crippen molar-refractivity contribution in [1.82, 2.24) is 15.6 Å². The molecule has 0 bridgehead atoms. The maximum atomic E-state index is 5.66. The second-order valence-electron chi connectivity index (χ2n) is 7.23. The summed E-state index contributed by atoms with van der Waals surface area (Å²) in [6, 6.07) is 1.21. The molecule has 0 aromatic carbocycles. The Morgan fingerprint density at radius 1 is 1.22 bits per heavy atom. The number of ether oxygens (including phenoxy) is 1. The fourth-order valence-electron chi connectivity index (χ4n) is 4.46. The second-order valence-corrected chi connectivity index (χ2v) is 8.39. The molecule has 0 amide bonds. The Morgan fingerprint density at radius 3 is 3.04 bits per heavy atom. The van der Waals surface area contributed by atoms with Gasteiger partial charge in [-0.25, -0.2) is 4.98 Å². The summed E-state index contributed by atoms with van der Waals surface area (Å²) >= 11 is 1.96. The van der Waals surface area contributed by atoms with Gasteiger partial charge in [-0.3, -0.25) is 0 Å². The molecule has 0 spiro atoms. The van der Waals surface area contributed by atoms with Gasteiger partial charge in [0.2, 0.25) is 0 Å². The van der Waals surface area contributed by atoms with Gasteiger partial charge >= 0.3 is 0 Å². The minimum Gasteiger partial charge on any atom is -0.379 e. The van der Waals surface area contributed by atoms with Crippen LogP contribution in [0.1, 0.15) is 47.7 Å². The van der Waals surface area contributed by atoms with E-state index in [0.29, 0.717) is 12.1 Å². The smallest absolute Gasteiger partial charge is 0.0943 e. The van der Waals surface area contributed by atoms with Crippen LogP contribution in [0.3, 0.4) is 0 Å². The van der Waals surface area contributed by atoms with Crippen molar-refractivity contribution in [2.75, 3.05) is 26.3 Å². The zero-order valence-corrected chi connectivity index (χ0v) is 14.8. The maximum absolute atomic E-state index is 5.66. The third-order valence-electron chi connectivity index (χ3n) is 5.67. The number of morpholine rings is 1. The van der Waals surface area contributed by atoms with E-state index in [4.69, 9.17) is 9.72 Å². The topological polar surface area (TPSA) is 46.2 Å². The molecule has 3 atom stereocenters. The van der Waals surface area contributed by atoms with Crippen molar-refractivity contribution in [3.05, 3.63) is 15.6 Å². The zero-order valence-electron chi connectivity index (χ0n) is 14.0. The fraction of sp³-hybridized carbons (Fsp3) is 0.833. The molecule has 2 heterocycles. The van der Waals surface area contributed by atoms with E-state index in [-0.39, 0.29) is 0 Å². The van der Waals surface area contributed by atoms with Crippen LogP contribution in [0.15, 0.2) is 0 Å². The highest BCUT2D eigenvalue weighted by molar-refractivity contribution is 7.11. The van der Waals surface area contributed by atoms with Gasteiger partial charge < -0.3 is 15.4 Å². The fourth-order valence-corrected chi connectivity index (χ4v) is 5.62. The van der Waals surface area contributed by atoms with Crippen LogP contribution in [-0.4, -0.2) is 43.4 Å². The minimum absolute atomic E-state index is 0.552. The third-order valence-corrected chi connectivity index (χ3v) is 6.89. The first kappa shape index (κ1) is 16.0. The predicted octanol–water partition coefficient (Wildman–Crippen LogP) is 2.31. The van der Waals surface area contributed by atoms with Gasteiger partial charge in [-0.1, -0.05) is 6.42 Å². The number of thiazole rings is 1. The van der Waals surface area contributed by atoms with Crippen molar-refractivity contribution in [2.24, 2.45) is 5.92 Å². The summed E-state index contributed by atoms with van der Waals surface area (Å²) in [4.78, 5) is 6.43. The molecule has 128 valence electrons. The molecule has 1 aromatic heterocycles. The lowest BCUT2D eigenvalue weighted by atomic mass is 9.94. The molecular weight excluding hydrogens is 306 g/mol. The Morgan fingerprint density at radius 2 is 2.17 bits per heavy atom. The lowest BCUT2D eigenvalue weighted by Gasteiger charge is -2.33. The van der Waals surface area contributed by atoms with E-state index >= 15 is 0 Å². The highest BCUT2D eigenvalue weighted by Crippen LogP contribution is 2.30. The normalized spacial score (nSPS) is 31.2. The third kappa shape index (κ3) is 3.78. The highest BCUT2D eigenvalue weighted by atomic mass is 32.1. The van der Waals surface area contributed by atoms with Gasteiger partial charge in [-0.2, -0.15) is 0 Å². The van der Waals surface area contributed by atoms with Crippen LogP contribution in [0.5, 0.6) is 0 Å². The van der Waals surface area contributed by atoms with E-state index in [0.717, 1.165) is 38.6 Å². The molecular formula is C18H29N3OS. The van der Waals surface area contributed by atoms with Gasteiger partial charge in [0.1, 0.15) is 0 Å². The summed E-state index contributed by atoms with van der Waals surface area (Å²) in [6.07, 6.45) is 10.3. The monoisotopic (exact) mass is 335 g/mol. The lowest BCUT2D eigenvalue weighted by molar-refractivity contribution is 0.0526. The van der Waals surface area contributed by atoms with Crippen LogP contribution in [-0.2, 0) is 24.0 Å². The van der Waals surface area contributed by atoms with Crippen LogP contribution < -0.4 is 10.6 Å². The standard InChI is InChI=1S/C18H29N3OS/c1-2-7-17-15(5-1)21-18(23-17)8-9-19-14-6-3-4-13(14)16-12-22-11-10-20-16/h13-14,16,19-20H,1-12H2. The molecule has 2 N–H and O–H groups in total. The highest BCUT2D eigenvalue weighted by Gasteiger charge is 2.34. The van der Waals surface area contributed by atoms with E-state index in [1.54, 1.807) is 4.88 Å². The molecule has 23 heavy (non-hydrogen) atoms. The summed E-state index contributed by atoms with van der Waals surface area (Å²) in [5, 5.41) is 8.83. The van der Waals surface area contributed by atoms with Crippen molar-refractivity contribution < 1.29 is 4.74 Å². The second kappa shape index (κ2) is 7.60. The molecule has 1 aliphatic heterocycles. The van der Waals surface area contributed by atoms with E-state index in [1.165, 1.54) is 55.6 Å². The first-order chi connectivity index (χ1) is 11.4. The average Bonchev–Trinajstić information content (AvgIpc) is 3.22. The van der Waals surface area contributed by atoms with Crippen LogP contribution in [0.25, 0.3) is 0 Å². The summed E-state index contributed by atoms with van der Waals surface area (Å²) in [5.74, 6) is 0.736. The van der Waals surface area contributed by atoms with E-state index < -0.39 is 0 Å². The number of fused-ring (bicyclic) bond motifs is 1.